The number of thiazole rings is 1. The summed E-state index contributed by atoms with van der Waals surface area (Å²) in [5.41, 5.74) is 2.01. The summed E-state index contributed by atoms with van der Waals surface area (Å²) in [6.45, 7) is 1.02. The normalized spacial score (nSPS) is 22.6. The van der Waals surface area contributed by atoms with E-state index in [2.05, 4.69) is 10.6 Å². The molecule has 1 aromatic carbocycles. The Morgan fingerprint density at radius 2 is 2.12 bits per heavy atom. The Hall–Kier alpha value is -1.79. The molecule has 4 nitrogen and oxygen atoms in total. The van der Waals surface area contributed by atoms with Crippen molar-refractivity contribution >= 4 is 17.2 Å². The number of nitrogens with zero attached hydrogens (tertiary/aromatic N) is 1. The first-order chi connectivity index (χ1) is 12.2. The Labute approximate surface area is 150 Å². The Morgan fingerprint density at radius 3 is 2.88 bits per heavy atom. The maximum absolute atomic E-state index is 13.1. The smallest absolute Gasteiger partial charge is 0.222 e. The molecule has 25 heavy (non-hydrogen) atoms. The largest absolute Gasteiger partial charge is 0.348 e. The van der Waals surface area contributed by atoms with E-state index in [1.54, 1.807) is 23.5 Å². The van der Waals surface area contributed by atoms with Crippen LogP contribution in [0.1, 0.15) is 48.7 Å². The van der Waals surface area contributed by atoms with Gasteiger partial charge in [0.15, 0.2) is 0 Å². The minimum atomic E-state index is -0.240. The lowest BCUT2D eigenvalue weighted by atomic mass is 9.97. The van der Waals surface area contributed by atoms with Gasteiger partial charge in [-0.3, -0.25) is 4.79 Å². The second-order valence-electron chi connectivity index (χ2n) is 6.85. The van der Waals surface area contributed by atoms with Crippen LogP contribution in [-0.4, -0.2) is 23.5 Å². The molecular formula is C19H22FN3OS. The van der Waals surface area contributed by atoms with E-state index in [9.17, 15) is 9.18 Å². The van der Waals surface area contributed by atoms with Crippen LogP contribution in [0.4, 0.5) is 4.39 Å². The van der Waals surface area contributed by atoms with Crippen molar-refractivity contribution in [2.24, 2.45) is 0 Å². The summed E-state index contributed by atoms with van der Waals surface area (Å²) in [5.74, 6) is -0.121. The molecule has 0 bridgehead atoms. The number of rotatable bonds is 4. The van der Waals surface area contributed by atoms with Gasteiger partial charge in [0.05, 0.1) is 16.6 Å². The van der Waals surface area contributed by atoms with Gasteiger partial charge in [-0.05, 0) is 62.9 Å². The molecule has 132 valence electrons. The first-order valence-electron chi connectivity index (χ1n) is 8.97. The van der Waals surface area contributed by atoms with Crippen molar-refractivity contribution in [1.82, 2.24) is 15.6 Å². The van der Waals surface area contributed by atoms with Gasteiger partial charge in [0.1, 0.15) is 10.8 Å². The molecule has 4 rings (SSSR count). The minimum absolute atomic E-state index is 0.0596. The Kier molecular flexibility index (Phi) is 4.81. The second kappa shape index (κ2) is 7.22. The molecule has 2 aromatic rings. The molecule has 2 N–H and O–H groups in total. The van der Waals surface area contributed by atoms with Gasteiger partial charge in [-0.1, -0.05) is 0 Å². The first-order valence-corrected chi connectivity index (χ1v) is 9.79. The molecule has 1 aromatic heterocycles. The van der Waals surface area contributed by atoms with E-state index < -0.39 is 0 Å². The number of amides is 1. The number of benzene rings is 1. The number of nitrogens with one attached hydrogen (secondary N) is 2. The molecule has 0 saturated carbocycles. The zero-order valence-electron chi connectivity index (χ0n) is 14.1. The fourth-order valence-corrected chi connectivity index (χ4v) is 4.88. The molecule has 2 atom stereocenters. The van der Waals surface area contributed by atoms with Crippen LogP contribution in [0.3, 0.4) is 0 Å². The van der Waals surface area contributed by atoms with E-state index in [1.165, 1.54) is 17.0 Å². The third kappa shape index (κ3) is 3.75. The number of halogens is 1. The number of hydrogen-bond donors (Lipinski definition) is 2. The zero-order chi connectivity index (χ0) is 17.2. The summed E-state index contributed by atoms with van der Waals surface area (Å²) in [6.07, 6.45) is 5.73. The van der Waals surface area contributed by atoms with Gasteiger partial charge >= 0.3 is 0 Å². The molecular weight excluding hydrogens is 337 g/mol. The predicted molar refractivity (Wildman–Crippen MR) is 97.0 cm³/mol. The number of aryl methyl sites for hydroxylation is 1. The molecule has 1 fully saturated rings. The lowest BCUT2D eigenvalue weighted by Crippen LogP contribution is -2.35. The Bertz CT molecular complexity index is 753. The standard InChI is InChI=1S/C19H22FN3OS/c20-13-8-6-12(7-9-13)19-23-16-5-1-4-15(18(16)25-19)22-17(24)11-14-3-2-10-21-14/h6-9,14-15,21H,1-5,10-11H2,(H,22,24). The van der Waals surface area contributed by atoms with Crippen LogP contribution in [0, 0.1) is 5.82 Å². The lowest BCUT2D eigenvalue weighted by Gasteiger charge is -2.23. The highest BCUT2D eigenvalue weighted by molar-refractivity contribution is 7.15. The van der Waals surface area contributed by atoms with Crippen molar-refractivity contribution in [1.29, 1.82) is 0 Å². The van der Waals surface area contributed by atoms with Crippen molar-refractivity contribution in [2.45, 2.75) is 50.6 Å². The number of hydrogen-bond acceptors (Lipinski definition) is 4. The van der Waals surface area contributed by atoms with Gasteiger partial charge in [-0.2, -0.15) is 0 Å². The fraction of sp³-hybridized carbons (Fsp3) is 0.474. The lowest BCUT2D eigenvalue weighted by molar-refractivity contribution is -0.122. The molecule has 0 spiro atoms. The highest BCUT2D eigenvalue weighted by Crippen LogP contribution is 2.38. The van der Waals surface area contributed by atoms with Crippen LogP contribution in [-0.2, 0) is 11.2 Å². The minimum Gasteiger partial charge on any atom is -0.348 e. The summed E-state index contributed by atoms with van der Waals surface area (Å²) in [4.78, 5) is 18.3. The average Bonchev–Trinajstić information content (AvgIpc) is 3.25. The monoisotopic (exact) mass is 359 g/mol. The van der Waals surface area contributed by atoms with Crippen molar-refractivity contribution in [3.63, 3.8) is 0 Å². The third-order valence-corrected chi connectivity index (χ3v) is 6.23. The summed E-state index contributed by atoms with van der Waals surface area (Å²) in [7, 11) is 0. The summed E-state index contributed by atoms with van der Waals surface area (Å²) < 4.78 is 13.1. The maximum Gasteiger partial charge on any atom is 0.222 e. The summed E-state index contributed by atoms with van der Waals surface area (Å²) in [5, 5.41) is 7.49. The van der Waals surface area contributed by atoms with Gasteiger partial charge in [-0.15, -0.1) is 11.3 Å². The Balaban J connectivity index is 1.49. The molecule has 2 unspecified atom stereocenters. The van der Waals surface area contributed by atoms with Gasteiger partial charge in [0.25, 0.3) is 0 Å². The number of carbonyl (C=O) groups excluding carboxylic acids is 1. The van der Waals surface area contributed by atoms with E-state index in [1.807, 2.05) is 0 Å². The van der Waals surface area contributed by atoms with Gasteiger partial charge < -0.3 is 10.6 Å². The topological polar surface area (TPSA) is 54.0 Å². The predicted octanol–water partition coefficient (Wildman–Crippen LogP) is 3.58. The van der Waals surface area contributed by atoms with Crippen LogP contribution < -0.4 is 10.6 Å². The zero-order valence-corrected chi connectivity index (χ0v) is 14.9. The maximum atomic E-state index is 13.1. The first kappa shape index (κ1) is 16.7. The fourth-order valence-electron chi connectivity index (χ4n) is 3.68. The molecule has 1 aliphatic heterocycles. The van der Waals surface area contributed by atoms with Crippen molar-refractivity contribution in [2.75, 3.05) is 6.54 Å². The van der Waals surface area contributed by atoms with Crippen LogP contribution in [0.25, 0.3) is 10.6 Å². The van der Waals surface area contributed by atoms with Crippen LogP contribution in [0.2, 0.25) is 0 Å². The number of aromatic nitrogens is 1. The summed E-state index contributed by atoms with van der Waals surface area (Å²) >= 11 is 1.62. The van der Waals surface area contributed by atoms with Crippen LogP contribution >= 0.6 is 11.3 Å². The van der Waals surface area contributed by atoms with Gasteiger partial charge in [-0.25, -0.2) is 9.37 Å². The van der Waals surface area contributed by atoms with Crippen molar-refractivity contribution < 1.29 is 9.18 Å². The SMILES string of the molecule is O=C(CC1CCCN1)NC1CCCc2nc(-c3ccc(F)cc3)sc21. The van der Waals surface area contributed by atoms with E-state index in [-0.39, 0.29) is 17.8 Å². The van der Waals surface area contributed by atoms with Crippen LogP contribution in [0.5, 0.6) is 0 Å². The quantitative estimate of drug-likeness (QED) is 0.877. The molecule has 1 saturated heterocycles. The van der Waals surface area contributed by atoms with E-state index >= 15 is 0 Å². The number of fused-ring (bicyclic) bond motifs is 1. The third-order valence-electron chi connectivity index (χ3n) is 4.97. The van der Waals surface area contributed by atoms with E-state index in [4.69, 9.17) is 4.98 Å². The number of carbonyl (C=O) groups is 1. The Morgan fingerprint density at radius 1 is 1.28 bits per heavy atom. The average molecular weight is 359 g/mol. The van der Waals surface area contributed by atoms with Crippen molar-refractivity contribution in [3.05, 3.63) is 40.7 Å². The van der Waals surface area contributed by atoms with Crippen LogP contribution in [0.15, 0.2) is 24.3 Å². The van der Waals surface area contributed by atoms with Gasteiger partial charge in [0, 0.05) is 18.0 Å². The molecule has 1 amide bonds. The molecule has 6 heteroatoms. The van der Waals surface area contributed by atoms with Crippen molar-refractivity contribution in [3.8, 4) is 10.6 Å². The second-order valence-corrected chi connectivity index (χ2v) is 7.88. The van der Waals surface area contributed by atoms with E-state index in [0.717, 1.165) is 54.9 Å². The highest BCUT2D eigenvalue weighted by Gasteiger charge is 2.27. The molecule has 2 aliphatic rings. The molecule has 0 radical (unpaired) electrons. The summed E-state index contributed by atoms with van der Waals surface area (Å²) in [6, 6.07) is 6.83. The van der Waals surface area contributed by atoms with Gasteiger partial charge in [0.2, 0.25) is 5.91 Å². The molecule has 2 heterocycles. The van der Waals surface area contributed by atoms with E-state index in [0.29, 0.717) is 12.5 Å². The highest BCUT2D eigenvalue weighted by atomic mass is 32.1. The molecule has 1 aliphatic carbocycles.